The van der Waals surface area contributed by atoms with E-state index in [1.165, 1.54) is 0 Å². The van der Waals surface area contributed by atoms with Gasteiger partial charge in [0, 0.05) is 19.7 Å². The van der Waals surface area contributed by atoms with Gasteiger partial charge >= 0.3 is 0 Å². The molecule has 0 saturated carbocycles. The van der Waals surface area contributed by atoms with E-state index >= 15 is 0 Å². The first-order valence-corrected chi connectivity index (χ1v) is 6.16. The molecule has 2 unspecified atom stereocenters. The van der Waals surface area contributed by atoms with Gasteiger partial charge in [0.05, 0.1) is 22.8 Å². The van der Waals surface area contributed by atoms with Crippen molar-refractivity contribution in [3.8, 4) is 0 Å². The second kappa shape index (κ2) is 7.19. The number of ether oxygens (including phenoxy) is 1. The highest BCUT2D eigenvalue weighted by molar-refractivity contribution is 6.42. The molecule has 0 aliphatic carbocycles. The molecule has 5 heteroatoms. The van der Waals surface area contributed by atoms with E-state index in [1.54, 1.807) is 13.2 Å². The van der Waals surface area contributed by atoms with Crippen LogP contribution in [0.2, 0.25) is 10.0 Å². The molecule has 1 rings (SSSR count). The van der Waals surface area contributed by atoms with E-state index in [2.05, 4.69) is 5.32 Å². The number of rotatable bonds is 6. The molecule has 1 aromatic carbocycles. The van der Waals surface area contributed by atoms with Crippen LogP contribution in [-0.4, -0.2) is 31.5 Å². The van der Waals surface area contributed by atoms with Crippen LogP contribution in [0.5, 0.6) is 0 Å². The molecule has 17 heavy (non-hydrogen) atoms. The SMILES string of the molecule is COCC(O)CNC(C)c1cccc(Cl)c1Cl. The Morgan fingerprint density at radius 3 is 2.76 bits per heavy atom. The number of hydrogen-bond donors (Lipinski definition) is 2. The van der Waals surface area contributed by atoms with E-state index in [-0.39, 0.29) is 6.04 Å². The smallest absolute Gasteiger partial charge is 0.0897 e. The quantitative estimate of drug-likeness (QED) is 0.840. The van der Waals surface area contributed by atoms with Gasteiger partial charge in [-0.2, -0.15) is 0 Å². The predicted molar refractivity (Wildman–Crippen MR) is 70.8 cm³/mol. The molecule has 0 bridgehead atoms. The van der Waals surface area contributed by atoms with Crippen molar-refractivity contribution in [2.24, 2.45) is 0 Å². The molecular formula is C12H17Cl2NO2. The minimum Gasteiger partial charge on any atom is -0.389 e. The van der Waals surface area contributed by atoms with Crippen molar-refractivity contribution in [1.29, 1.82) is 0 Å². The van der Waals surface area contributed by atoms with E-state index in [0.717, 1.165) is 5.56 Å². The van der Waals surface area contributed by atoms with Crippen molar-refractivity contribution in [2.45, 2.75) is 19.1 Å². The van der Waals surface area contributed by atoms with E-state index in [0.29, 0.717) is 23.2 Å². The molecular weight excluding hydrogens is 261 g/mol. The van der Waals surface area contributed by atoms with Gasteiger partial charge in [-0.1, -0.05) is 35.3 Å². The summed E-state index contributed by atoms with van der Waals surface area (Å²) in [6.07, 6.45) is -0.527. The lowest BCUT2D eigenvalue weighted by Gasteiger charge is -2.18. The standard InChI is InChI=1S/C12H17Cl2NO2/c1-8(15-6-9(16)7-17-2)10-4-3-5-11(13)12(10)14/h3-5,8-9,15-16H,6-7H2,1-2H3. The van der Waals surface area contributed by atoms with Gasteiger partial charge in [-0.15, -0.1) is 0 Å². The first-order valence-electron chi connectivity index (χ1n) is 5.40. The first kappa shape index (κ1) is 14.7. The average molecular weight is 278 g/mol. The van der Waals surface area contributed by atoms with Crippen LogP contribution in [0.25, 0.3) is 0 Å². The normalized spacial score (nSPS) is 14.6. The van der Waals surface area contributed by atoms with Crippen LogP contribution >= 0.6 is 23.2 Å². The lowest BCUT2D eigenvalue weighted by Crippen LogP contribution is -2.31. The van der Waals surface area contributed by atoms with Crippen LogP contribution in [0.4, 0.5) is 0 Å². The van der Waals surface area contributed by atoms with Crippen LogP contribution < -0.4 is 5.32 Å². The number of aliphatic hydroxyl groups is 1. The molecule has 0 spiro atoms. The Hall–Kier alpha value is -0.320. The Morgan fingerprint density at radius 1 is 1.41 bits per heavy atom. The highest BCUT2D eigenvalue weighted by Gasteiger charge is 2.12. The molecule has 0 aliphatic heterocycles. The van der Waals surface area contributed by atoms with E-state index in [9.17, 15) is 5.11 Å². The number of hydrogen-bond acceptors (Lipinski definition) is 3. The summed E-state index contributed by atoms with van der Waals surface area (Å²) in [4.78, 5) is 0. The zero-order valence-electron chi connectivity index (χ0n) is 9.91. The highest BCUT2D eigenvalue weighted by atomic mass is 35.5. The minimum absolute atomic E-state index is 0.0210. The fraction of sp³-hybridized carbons (Fsp3) is 0.500. The zero-order valence-corrected chi connectivity index (χ0v) is 11.4. The maximum Gasteiger partial charge on any atom is 0.0897 e. The van der Waals surface area contributed by atoms with Gasteiger partial charge in [0.2, 0.25) is 0 Å². The molecule has 0 aromatic heterocycles. The summed E-state index contributed by atoms with van der Waals surface area (Å²) in [5, 5.41) is 13.8. The summed E-state index contributed by atoms with van der Waals surface area (Å²) < 4.78 is 4.85. The van der Waals surface area contributed by atoms with Gasteiger partial charge in [0.15, 0.2) is 0 Å². The highest BCUT2D eigenvalue weighted by Crippen LogP contribution is 2.29. The second-order valence-electron chi connectivity index (χ2n) is 3.88. The predicted octanol–water partition coefficient (Wildman–Crippen LogP) is 2.65. The monoisotopic (exact) mass is 277 g/mol. The largest absolute Gasteiger partial charge is 0.389 e. The zero-order chi connectivity index (χ0) is 12.8. The van der Waals surface area contributed by atoms with E-state index < -0.39 is 6.10 Å². The van der Waals surface area contributed by atoms with Crippen LogP contribution in [0.1, 0.15) is 18.5 Å². The van der Waals surface area contributed by atoms with Crippen molar-refractivity contribution in [2.75, 3.05) is 20.3 Å². The van der Waals surface area contributed by atoms with Crippen molar-refractivity contribution in [3.05, 3.63) is 33.8 Å². The maximum atomic E-state index is 9.52. The summed E-state index contributed by atoms with van der Waals surface area (Å²) in [6.45, 7) is 2.72. The Labute approximate surface area is 112 Å². The van der Waals surface area contributed by atoms with Gasteiger partial charge in [-0.3, -0.25) is 0 Å². The van der Waals surface area contributed by atoms with Crippen LogP contribution in [0, 0.1) is 0 Å². The molecule has 0 fully saturated rings. The molecule has 0 saturated heterocycles. The maximum absolute atomic E-state index is 9.52. The fourth-order valence-corrected chi connectivity index (χ4v) is 2.00. The summed E-state index contributed by atoms with van der Waals surface area (Å²) in [6, 6.07) is 5.54. The lowest BCUT2D eigenvalue weighted by atomic mass is 10.1. The average Bonchev–Trinajstić information content (AvgIpc) is 2.30. The molecule has 2 N–H and O–H groups in total. The Bertz CT molecular complexity index is 360. The van der Waals surface area contributed by atoms with Gasteiger partial charge in [-0.25, -0.2) is 0 Å². The summed E-state index contributed by atoms with van der Waals surface area (Å²) >= 11 is 12.0. The van der Waals surface area contributed by atoms with Gasteiger partial charge in [0.25, 0.3) is 0 Å². The molecule has 2 atom stereocenters. The molecule has 0 aliphatic rings. The fourth-order valence-electron chi connectivity index (χ4n) is 1.53. The number of benzene rings is 1. The van der Waals surface area contributed by atoms with Crippen molar-refractivity contribution in [3.63, 3.8) is 0 Å². The third kappa shape index (κ3) is 4.45. The summed E-state index contributed by atoms with van der Waals surface area (Å²) in [7, 11) is 1.56. The van der Waals surface area contributed by atoms with Gasteiger partial charge < -0.3 is 15.2 Å². The third-order valence-electron chi connectivity index (χ3n) is 2.47. The Kier molecular flexibility index (Phi) is 6.23. The molecule has 1 aromatic rings. The molecule has 0 radical (unpaired) electrons. The van der Waals surface area contributed by atoms with Crippen LogP contribution in [0.15, 0.2) is 18.2 Å². The summed E-state index contributed by atoms with van der Waals surface area (Å²) in [5.41, 5.74) is 0.920. The summed E-state index contributed by atoms with van der Waals surface area (Å²) in [5.74, 6) is 0. The third-order valence-corrected chi connectivity index (χ3v) is 3.30. The topological polar surface area (TPSA) is 41.5 Å². The van der Waals surface area contributed by atoms with E-state index in [4.69, 9.17) is 27.9 Å². The number of nitrogens with one attached hydrogen (secondary N) is 1. The van der Waals surface area contributed by atoms with Crippen molar-refractivity contribution < 1.29 is 9.84 Å². The number of halogens is 2. The van der Waals surface area contributed by atoms with Crippen molar-refractivity contribution >= 4 is 23.2 Å². The lowest BCUT2D eigenvalue weighted by molar-refractivity contribution is 0.0630. The molecule has 3 nitrogen and oxygen atoms in total. The molecule has 96 valence electrons. The Balaban J connectivity index is 2.58. The molecule has 0 amide bonds. The minimum atomic E-state index is -0.527. The first-order chi connectivity index (χ1) is 8.06. The van der Waals surface area contributed by atoms with Crippen LogP contribution in [-0.2, 0) is 4.74 Å². The van der Waals surface area contributed by atoms with Gasteiger partial charge in [0.1, 0.15) is 0 Å². The van der Waals surface area contributed by atoms with Gasteiger partial charge in [-0.05, 0) is 18.6 Å². The number of methoxy groups -OCH3 is 1. The van der Waals surface area contributed by atoms with Crippen LogP contribution in [0.3, 0.4) is 0 Å². The van der Waals surface area contributed by atoms with Crippen molar-refractivity contribution in [1.82, 2.24) is 5.32 Å². The molecule has 0 heterocycles. The van der Waals surface area contributed by atoms with E-state index in [1.807, 2.05) is 19.1 Å². The second-order valence-corrected chi connectivity index (χ2v) is 4.67. The number of aliphatic hydroxyl groups excluding tert-OH is 1. The Morgan fingerprint density at radius 2 is 2.12 bits per heavy atom.